The second-order valence-electron chi connectivity index (χ2n) is 3.46. The number of para-hydroxylation sites is 1. The summed E-state index contributed by atoms with van der Waals surface area (Å²) in [5, 5.41) is 8.88. The van der Waals surface area contributed by atoms with Crippen molar-refractivity contribution < 1.29 is 0 Å². The largest absolute Gasteiger partial charge is 0.320 e. The van der Waals surface area contributed by atoms with Crippen LogP contribution in [0.1, 0.15) is 26.2 Å². The monoisotopic (exact) mass is 203 g/mol. The van der Waals surface area contributed by atoms with Crippen LogP contribution in [-0.4, -0.2) is 6.04 Å². The summed E-state index contributed by atoms with van der Waals surface area (Å²) in [6.45, 7) is 2.12. The molecule has 2 N–H and O–H groups in total. The van der Waals surface area contributed by atoms with Crippen molar-refractivity contribution in [3.8, 4) is 6.07 Å². The van der Waals surface area contributed by atoms with Crippen LogP contribution in [-0.2, 0) is 0 Å². The molecule has 0 saturated heterocycles. The highest BCUT2D eigenvalue weighted by molar-refractivity contribution is 5.41. The molecule has 1 rings (SSSR count). The zero-order valence-corrected chi connectivity index (χ0v) is 9.03. The maximum Gasteiger partial charge on any atom is 0.113 e. The first kappa shape index (κ1) is 11.5. The molecule has 0 heterocycles. The van der Waals surface area contributed by atoms with Gasteiger partial charge in [0, 0.05) is 5.69 Å². The van der Waals surface area contributed by atoms with E-state index in [-0.39, 0.29) is 6.04 Å². The molecular formula is C12H17N3. The van der Waals surface area contributed by atoms with Crippen molar-refractivity contribution in [1.82, 2.24) is 5.43 Å². The molecular weight excluding hydrogens is 186 g/mol. The predicted octanol–water partition coefficient (Wildman–Crippen LogP) is 2.69. The molecule has 0 aliphatic rings. The Labute approximate surface area is 91.1 Å². The molecule has 1 atom stereocenters. The van der Waals surface area contributed by atoms with Crippen LogP contribution in [0, 0.1) is 11.3 Å². The topological polar surface area (TPSA) is 47.9 Å². The van der Waals surface area contributed by atoms with Gasteiger partial charge in [-0.25, -0.2) is 5.43 Å². The third-order valence-corrected chi connectivity index (χ3v) is 2.17. The van der Waals surface area contributed by atoms with Crippen LogP contribution in [0.15, 0.2) is 30.3 Å². The zero-order valence-electron chi connectivity index (χ0n) is 9.03. The van der Waals surface area contributed by atoms with E-state index in [1.165, 1.54) is 0 Å². The lowest BCUT2D eigenvalue weighted by molar-refractivity contribution is 0.583. The van der Waals surface area contributed by atoms with Crippen molar-refractivity contribution in [1.29, 1.82) is 5.26 Å². The van der Waals surface area contributed by atoms with Crippen molar-refractivity contribution in [3.63, 3.8) is 0 Å². The van der Waals surface area contributed by atoms with E-state index in [1.807, 2.05) is 30.3 Å². The number of unbranched alkanes of at least 4 members (excludes halogenated alkanes) is 1. The van der Waals surface area contributed by atoms with Crippen molar-refractivity contribution in [2.24, 2.45) is 0 Å². The third-order valence-electron chi connectivity index (χ3n) is 2.17. The maximum atomic E-state index is 8.88. The van der Waals surface area contributed by atoms with Crippen molar-refractivity contribution in [2.75, 3.05) is 5.43 Å². The number of anilines is 1. The van der Waals surface area contributed by atoms with Gasteiger partial charge in [-0.15, -0.1) is 0 Å². The van der Waals surface area contributed by atoms with Crippen molar-refractivity contribution in [3.05, 3.63) is 30.3 Å². The molecule has 80 valence electrons. The fraction of sp³-hybridized carbons (Fsp3) is 0.417. The van der Waals surface area contributed by atoms with Crippen LogP contribution >= 0.6 is 0 Å². The summed E-state index contributed by atoms with van der Waals surface area (Å²) in [6, 6.07) is 11.9. The van der Waals surface area contributed by atoms with E-state index >= 15 is 0 Å². The molecule has 0 saturated carbocycles. The summed E-state index contributed by atoms with van der Waals surface area (Å²) >= 11 is 0. The first-order chi connectivity index (χ1) is 7.36. The zero-order chi connectivity index (χ0) is 10.9. The molecule has 3 heteroatoms. The van der Waals surface area contributed by atoms with Crippen LogP contribution in [0.25, 0.3) is 0 Å². The molecule has 3 nitrogen and oxygen atoms in total. The second-order valence-corrected chi connectivity index (χ2v) is 3.46. The maximum absolute atomic E-state index is 8.88. The summed E-state index contributed by atoms with van der Waals surface area (Å²) in [5.74, 6) is 0. The van der Waals surface area contributed by atoms with Gasteiger partial charge >= 0.3 is 0 Å². The van der Waals surface area contributed by atoms with Gasteiger partial charge in [0.15, 0.2) is 0 Å². The fourth-order valence-electron chi connectivity index (χ4n) is 1.27. The summed E-state index contributed by atoms with van der Waals surface area (Å²) in [6.07, 6.45) is 3.07. The number of nitriles is 1. The van der Waals surface area contributed by atoms with E-state index in [4.69, 9.17) is 5.26 Å². The van der Waals surface area contributed by atoms with Crippen molar-refractivity contribution in [2.45, 2.75) is 32.2 Å². The Balaban J connectivity index is 2.32. The van der Waals surface area contributed by atoms with Crippen LogP contribution < -0.4 is 10.9 Å². The molecule has 0 fully saturated rings. The van der Waals surface area contributed by atoms with Gasteiger partial charge in [-0.1, -0.05) is 38.0 Å². The number of nitrogens with zero attached hydrogens (tertiary/aromatic N) is 1. The highest BCUT2D eigenvalue weighted by Gasteiger charge is 2.04. The molecule has 1 aromatic rings. The fourth-order valence-corrected chi connectivity index (χ4v) is 1.27. The average Bonchev–Trinajstić information content (AvgIpc) is 2.31. The van der Waals surface area contributed by atoms with Crippen molar-refractivity contribution >= 4 is 5.69 Å². The first-order valence-corrected chi connectivity index (χ1v) is 5.33. The van der Waals surface area contributed by atoms with Gasteiger partial charge in [-0.3, -0.25) is 0 Å². The number of hydrazine groups is 1. The van der Waals surface area contributed by atoms with E-state index in [1.54, 1.807) is 0 Å². The number of hydrogen-bond acceptors (Lipinski definition) is 3. The Hall–Kier alpha value is -1.53. The predicted molar refractivity (Wildman–Crippen MR) is 62.1 cm³/mol. The van der Waals surface area contributed by atoms with E-state index < -0.39 is 0 Å². The van der Waals surface area contributed by atoms with Crippen LogP contribution in [0.4, 0.5) is 5.69 Å². The van der Waals surface area contributed by atoms with Gasteiger partial charge in [-0.2, -0.15) is 5.26 Å². The first-order valence-electron chi connectivity index (χ1n) is 5.33. The quantitative estimate of drug-likeness (QED) is 0.699. The molecule has 1 unspecified atom stereocenters. The minimum atomic E-state index is -0.120. The van der Waals surface area contributed by atoms with Gasteiger partial charge in [0.1, 0.15) is 6.04 Å². The molecule has 0 aromatic heterocycles. The molecule has 0 radical (unpaired) electrons. The molecule has 0 bridgehead atoms. The number of hydrogen-bond donors (Lipinski definition) is 2. The minimum Gasteiger partial charge on any atom is -0.320 e. The van der Waals surface area contributed by atoms with Gasteiger partial charge in [0.05, 0.1) is 6.07 Å². The Morgan fingerprint density at radius 2 is 2.07 bits per heavy atom. The van der Waals surface area contributed by atoms with Gasteiger partial charge in [0.25, 0.3) is 0 Å². The standard InChI is InChI=1S/C12H17N3/c1-2-3-7-12(10-13)15-14-11-8-5-4-6-9-11/h4-6,8-9,12,14-15H,2-3,7H2,1H3. The SMILES string of the molecule is CCCCC(C#N)NNc1ccccc1. The normalized spacial score (nSPS) is 11.7. The number of benzene rings is 1. The van der Waals surface area contributed by atoms with Crippen LogP contribution in [0.5, 0.6) is 0 Å². The van der Waals surface area contributed by atoms with Gasteiger partial charge in [-0.05, 0) is 18.6 Å². The minimum absolute atomic E-state index is 0.120. The van der Waals surface area contributed by atoms with Gasteiger partial charge < -0.3 is 5.43 Å². The molecule has 15 heavy (non-hydrogen) atoms. The Morgan fingerprint density at radius 1 is 1.33 bits per heavy atom. The Morgan fingerprint density at radius 3 is 2.67 bits per heavy atom. The number of rotatable bonds is 6. The second kappa shape index (κ2) is 6.86. The molecule has 0 aliphatic carbocycles. The highest BCUT2D eigenvalue weighted by atomic mass is 15.4. The average molecular weight is 203 g/mol. The Bertz CT molecular complexity index is 302. The smallest absolute Gasteiger partial charge is 0.113 e. The summed E-state index contributed by atoms with van der Waals surface area (Å²) in [5.41, 5.74) is 7.02. The lowest BCUT2D eigenvalue weighted by Crippen LogP contribution is -2.32. The molecule has 0 amide bonds. The van der Waals surface area contributed by atoms with E-state index in [0.717, 1.165) is 24.9 Å². The Kier molecular flexibility index (Phi) is 5.28. The third kappa shape index (κ3) is 4.48. The lowest BCUT2D eigenvalue weighted by Gasteiger charge is -2.12. The van der Waals surface area contributed by atoms with E-state index in [0.29, 0.717) is 0 Å². The molecule has 0 spiro atoms. The van der Waals surface area contributed by atoms with E-state index in [2.05, 4.69) is 23.8 Å². The van der Waals surface area contributed by atoms with Crippen LogP contribution in [0.2, 0.25) is 0 Å². The van der Waals surface area contributed by atoms with E-state index in [9.17, 15) is 0 Å². The molecule has 0 aliphatic heterocycles. The number of nitrogens with one attached hydrogen (secondary N) is 2. The van der Waals surface area contributed by atoms with Crippen LogP contribution in [0.3, 0.4) is 0 Å². The lowest BCUT2D eigenvalue weighted by atomic mass is 10.1. The van der Waals surface area contributed by atoms with Gasteiger partial charge in [0.2, 0.25) is 0 Å². The highest BCUT2D eigenvalue weighted by Crippen LogP contribution is 2.04. The summed E-state index contributed by atoms with van der Waals surface area (Å²) in [7, 11) is 0. The summed E-state index contributed by atoms with van der Waals surface area (Å²) in [4.78, 5) is 0. The summed E-state index contributed by atoms with van der Waals surface area (Å²) < 4.78 is 0. The molecule has 1 aromatic carbocycles.